The molecule has 64 valence electrons. The molecule has 11 heavy (non-hydrogen) atoms. The van der Waals surface area contributed by atoms with Crippen molar-refractivity contribution in [2.75, 3.05) is 19.6 Å². The molecule has 3 nitrogen and oxygen atoms in total. The van der Waals surface area contributed by atoms with Gasteiger partial charge in [-0.25, -0.2) is 0 Å². The van der Waals surface area contributed by atoms with Crippen LogP contribution in [0.4, 0.5) is 0 Å². The number of amides is 1. The minimum Gasteiger partial charge on any atom is -0.354 e. The van der Waals surface area contributed by atoms with E-state index >= 15 is 0 Å². The third kappa shape index (κ3) is 2.19. The van der Waals surface area contributed by atoms with E-state index in [-0.39, 0.29) is 5.91 Å². The third-order valence-electron chi connectivity index (χ3n) is 2.28. The number of nitrogens with one attached hydrogen (secondary N) is 1. The Labute approximate surface area is 67.8 Å². The molecule has 0 spiro atoms. The van der Waals surface area contributed by atoms with Crippen LogP contribution >= 0.6 is 0 Å². The smallest absolute Gasteiger partial charge is 0.234 e. The van der Waals surface area contributed by atoms with Crippen LogP contribution in [0.5, 0.6) is 0 Å². The lowest BCUT2D eigenvalue weighted by molar-refractivity contribution is -0.124. The fourth-order valence-corrected chi connectivity index (χ4v) is 1.29. The number of hydrogen-bond donors (Lipinski definition) is 1. The van der Waals surface area contributed by atoms with Crippen molar-refractivity contribution in [3.8, 4) is 0 Å². The molecule has 0 aliphatic carbocycles. The normalized spacial score (nSPS) is 22.9. The van der Waals surface area contributed by atoms with Gasteiger partial charge in [0.05, 0.1) is 6.54 Å². The van der Waals surface area contributed by atoms with E-state index in [0.717, 1.165) is 19.5 Å². The Morgan fingerprint density at radius 1 is 1.73 bits per heavy atom. The molecule has 1 rings (SSSR count). The summed E-state index contributed by atoms with van der Waals surface area (Å²) in [5.74, 6) is 0.163. The Balaban J connectivity index is 2.39. The highest BCUT2D eigenvalue weighted by Crippen LogP contribution is 2.03. The second-order valence-electron chi connectivity index (χ2n) is 3.08. The molecular formula is C8H16N2O. The minimum absolute atomic E-state index is 0.163. The second-order valence-corrected chi connectivity index (χ2v) is 3.08. The minimum atomic E-state index is 0.163. The number of piperazine rings is 1. The van der Waals surface area contributed by atoms with Crippen molar-refractivity contribution in [1.82, 2.24) is 10.2 Å². The molecule has 0 aromatic heterocycles. The van der Waals surface area contributed by atoms with Crippen LogP contribution in [0, 0.1) is 0 Å². The summed E-state index contributed by atoms with van der Waals surface area (Å²) in [5.41, 5.74) is 0. The summed E-state index contributed by atoms with van der Waals surface area (Å²) in [4.78, 5) is 13.2. The van der Waals surface area contributed by atoms with E-state index < -0.39 is 0 Å². The quantitative estimate of drug-likeness (QED) is 0.620. The standard InChI is InChI=1S/C8H16N2O/c1-3-7(2)10-5-4-9-8(11)6-10/h7H,3-6H2,1-2H3,(H,9,11). The number of carbonyl (C=O) groups is 1. The Morgan fingerprint density at radius 3 is 3.00 bits per heavy atom. The van der Waals surface area contributed by atoms with Crippen LogP contribution in [0.3, 0.4) is 0 Å². The fourth-order valence-electron chi connectivity index (χ4n) is 1.29. The van der Waals surface area contributed by atoms with Crippen molar-refractivity contribution in [3.63, 3.8) is 0 Å². The summed E-state index contributed by atoms with van der Waals surface area (Å²) < 4.78 is 0. The van der Waals surface area contributed by atoms with Gasteiger partial charge in [-0.05, 0) is 13.3 Å². The number of nitrogens with zero attached hydrogens (tertiary/aromatic N) is 1. The highest BCUT2D eigenvalue weighted by molar-refractivity contribution is 5.78. The lowest BCUT2D eigenvalue weighted by Crippen LogP contribution is -2.50. The summed E-state index contributed by atoms with van der Waals surface area (Å²) in [6, 6.07) is 0.543. The Kier molecular flexibility index (Phi) is 2.88. The second kappa shape index (κ2) is 3.72. The molecule has 1 fully saturated rings. The maximum absolute atomic E-state index is 10.9. The van der Waals surface area contributed by atoms with E-state index in [2.05, 4.69) is 24.1 Å². The van der Waals surface area contributed by atoms with Gasteiger partial charge >= 0.3 is 0 Å². The first-order valence-corrected chi connectivity index (χ1v) is 4.24. The molecule has 1 saturated heterocycles. The van der Waals surface area contributed by atoms with Gasteiger partial charge in [-0.2, -0.15) is 0 Å². The maximum Gasteiger partial charge on any atom is 0.234 e. The highest BCUT2D eigenvalue weighted by Gasteiger charge is 2.19. The highest BCUT2D eigenvalue weighted by atomic mass is 16.2. The summed E-state index contributed by atoms with van der Waals surface area (Å²) in [7, 11) is 0. The molecule has 3 heteroatoms. The third-order valence-corrected chi connectivity index (χ3v) is 2.28. The first-order valence-electron chi connectivity index (χ1n) is 4.24. The molecule has 1 aliphatic rings. The van der Waals surface area contributed by atoms with Gasteiger partial charge in [0.2, 0.25) is 5.91 Å². The molecule has 0 aromatic carbocycles. The van der Waals surface area contributed by atoms with E-state index in [4.69, 9.17) is 0 Å². The summed E-state index contributed by atoms with van der Waals surface area (Å²) in [6.45, 7) is 6.70. The van der Waals surface area contributed by atoms with E-state index in [9.17, 15) is 4.79 Å². The lowest BCUT2D eigenvalue weighted by Gasteiger charge is -2.31. The van der Waals surface area contributed by atoms with Crippen LogP contribution < -0.4 is 5.32 Å². The van der Waals surface area contributed by atoms with Gasteiger partial charge in [0.15, 0.2) is 0 Å². The zero-order valence-corrected chi connectivity index (χ0v) is 7.26. The SMILES string of the molecule is CCC(C)N1CCNC(=O)C1. The Hall–Kier alpha value is -0.570. The molecule has 1 aliphatic heterocycles. The number of carbonyl (C=O) groups excluding carboxylic acids is 1. The van der Waals surface area contributed by atoms with E-state index in [1.165, 1.54) is 0 Å². The van der Waals surface area contributed by atoms with Crippen LogP contribution in [0.15, 0.2) is 0 Å². The largest absolute Gasteiger partial charge is 0.354 e. The lowest BCUT2D eigenvalue weighted by atomic mass is 10.2. The summed E-state index contributed by atoms with van der Waals surface area (Å²) >= 11 is 0. The number of rotatable bonds is 2. The zero-order valence-electron chi connectivity index (χ0n) is 7.26. The fraction of sp³-hybridized carbons (Fsp3) is 0.875. The molecule has 1 unspecified atom stereocenters. The van der Waals surface area contributed by atoms with Crippen LogP contribution in [-0.2, 0) is 4.79 Å². The Morgan fingerprint density at radius 2 is 2.45 bits per heavy atom. The molecule has 0 aromatic rings. The van der Waals surface area contributed by atoms with E-state index in [1.807, 2.05) is 0 Å². The van der Waals surface area contributed by atoms with Gasteiger partial charge < -0.3 is 5.32 Å². The van der Waals surface area contributed by atoms with Gasteiger partial charge in [-0.1, -0.05) is 6.92 Å². The van der Waals surface area contributed by atoms with Crippen molar-refractivity contribution in [2.45, 2.75) is 26.3 Å². The maximum atomic E-state index is 10.9. The van der Waals surface area contributed by atoms with Gasteiger partial charge in [0, 0.05) is 19.1 Å². The van der Waals surface area contributed by atoms with Crippen molar-refractivity contribution >= 4 is 5.91 Å². The average Bonchev–Trinajstić information content (AvgIpc) is 2.03. The topological polar surface area (TPSA) is 32.3 Å². The van der Waals surface area contributed by atoms with Crippen LogP contribution in [0.25, 0.3) is 0 Å². The van der Waals surface area contributed by atoms with Gasteiger partial charge in [0.25, 0.3) is 0 Å². The molecule has 0 saturated carbocycles. The average molecular weight is 156 g/mol. The van der Waals surface area contributed by atoms with Gasteiger partial charge in [-0.15, -0.1) is 0 Å². The monoisotopic (exact) mass is 156 g/mol. The molecule has 0 bridgehead atoms. The zero-order chi connectivity index (χ0) is 8.27. The molecule has 1 amide bonds. The van der Waals surface area contributed by atoms with Crippen molar-refractivity contribution in [3.05, 3.63) is 0 Å². The first kappa shape index (κ1) is 8.53. The van der Waals surface area contributed by atoms with E-state index in [1.54, 1.807) is 0 Å². The van der Waals surface area contributed by atoms with Crippen molar-refractivity contribution in [2.24, 2.45) is 0 Å². The molecule has 1 atom stereocenters. The first-order chi connectivity index (χ1) is 5.24. The molecule has 0 radical (unpaired) electrons. The predicted octanol–water partition coefficient (Wildman–Crippen LogP) is 0.217. The van der Waals surface area contributed by atoms with Crippen LogP contribution in [-0.4, -0.2) is 36.5 Å². The molecule has 1 heterocycles. The predicted molar refractivity (Wildman–Crippen MR) is 44.3 cm³/mol. The van der Waals surface area contributed by atoms with Gasteiger partial charge in [0.1, 0.15) is 0 Å². The van der Waals surface area contributed by atoms with Crippen molar-refractivity contribution in [1.29, 1.82) is 0 Å². The molecular weight excluding hydrogens is 140 g/mol. The van der Waals surface area contributed by atoms with Crippen LogP contribution in [0.1, 0.15) is 20.3 Å². The summed E-state index contributed by atoms with van der Waals surface area (Å²) in [6.07, 6.45) is 1.12. The van der Waals surface area contributed by atoms with Crippen molar-refractivity contribution < 1.29 is 4.79 Å². The number of hydrogen-bond acceptors (Lipinski definition) is 2. The van der Waals surface area contributed by atoms with Crippen LogP contribution in [0.2, 0.25) is 0 Å². The molecule has 1 N–H and O–H groups in total. The van der Waals surface area contributed by atoms with E-state index in [0.29, 0.717) is 12.6 Å². The Bertz CT molecular complexity index is 147. The summed E-state index contributed by atoms with van der Waals surface area (Å²) in [5, 5.41) is 2.81. The van der Waals surface area contributed by atoms with Gasteiger partial charge in [-0.3, -0.25) is 9.69 Å².